The van der Waals surface area contributed by atoms with Crippen molar-refractivity contribution in [2.45, 2.75) is 25.9 Å². The fourth-order valence-corrected chi connectivity index (χ4v) is 1.90. The van der Waals surface area contributed by atoms with Crippen LogP contribution in [0.25, 0.3) is 0 Å². The molecule has 1 atom stereocenters. The van der Waals surface area contributed by atoms with Crippen LogP contribution in [0.1, 0.15) is 25.3 Å². The Labute approximate surface area is 120 Å². The largest absolute Gasteiger partial charge is 0.510 e. The standard InChI is InChI=1S/C14H17F3N2O2/c1-7(5-10(18)8(2)20)13(14(15,16)17)9-3-4-12(21)11(19)6-9/h3-6,13,20-21H,18-19H2,1-2H3/b7-5+,10-8-. The van der Waals surface area contributed by atoms with Gasteiger partial charge in [0.15, 0.2) is 0 Å². The highest BCUT2D eigenvalue weighted by molar-refractivity contribution is 5.55. The Balaban J connectivity index is 3.37. The van der Waals surface area contributed by atoms with Gasteiger partial charge in [0, 0.05) is 0 Å². The van der Waals surface area contributed by atoms with E-state index in [1.54, 1.807) is 0 Å². The van der Waals surface area contributed by atoms with Crippen LogP contribution in [0.15, 0.2) is 41.3 Å². The van der Waals surface area contributed by atoms with Crippen molar-refractivity contribution in [3.63, 3.8) is 0 Å². The Kier molecular flexibility index (Phi) is 4.77. The molecule has 0 radical (unpaired) electrons. The van der Waals surface area contributed by atoms with Gasteiger partial charge in [-0.05, 0) is 37.6 Å². The average molecular weight is 302 g/mol. The van der Waals surface area contributed by atoms with Gasteiger partial charge in [-0.1, -0.05) is 11.6 Å². The molecular weight excluding hydrogens is 285 g/mol. The number of rotatable bonds is 3. The van der Waals surface area contributed by atoms with E-state index < -0.39 is 12.1 Å². The first-order chi connectivity index (χ1) is 9.54. The number of halogens is 3. The number of hydrogen-bond donors (Lipinski definition) is 4. The zero-order valence-corrected chi connectivity index (χ0v) is 11.6. The molecule has 0 aliphatic rings. The number of phenols is 1. The van der Waals surface area contributed by atoms with Gasteiger partial charge in [-0.25, -0.2) is 0 Å². The predicted octanol–water partition coefficient (Wildman–Crippen LogP) is 3.31. The number of aromatic hydroxyl groups is 1. The average Bonchev–Trinajstić information content (AvgIpc) is 2.31. The Morgan fingerprint density at radius 1 is 1.29 bits per heavy atom. The summed E-state index contributed by atoms with van der Waals surface area (Å²) in [4.78, 5) is 0. The smallest absolute Gasteiger partial charge is 0.399 e. The molecule has 21 heavy (non-hydrogen) atoms. The molecule has 6 N–H and O–H groups in total. The zero-order valence-electron chi connectivity index (χ0n) is 11.6. The van der Waals surface area contributed by atoms with Crippen LogP contribution < -0.4 is 11.5 Å². The summed E-state index contributed by atoms with van der Waals surface area (Å²) in [5, 5.41) is 18.5. The van der Waals surface area contributed by atoms with Crippen LogP contribution in [0.2, 0.25) is 0 Å². The number of aliphatic hydroxyl groups is 1. The van der Waals surface area contributed by atoms with Crippen molar-refractivity contribution in [3.05, 3.63) is 46.9 Å². The minimum Gasteiger partial charge on any atom is -0.510 e. The molecule has 0 aliphatic heterocycles. The van der Waals surface area contributed by atoms with E-state index in [1.807, 2.05) is 0 Å². The van der Waals surface area contributed by atoms with Crippen LogP contribution in [-0.2, 0) is 0 Å². The van der Waals surface area contributed by atoms with E-state index in [4.69, 9.17) is 11.5 Å². The Morgan fingerprint density at radius 2 is 1.86 bits per heavy atom. The maximum Gasteiger partial charge on any atom is 0.399 e. The van der Waals surface area contributed by atoms with Crippen LogP contribution in [0, 0.1) is 0 Å². The van der Waals surface area contributed by atoms with E-state index >= 15 is 0 Å². The molecule has 0 heterocycles. The number of allylic oxidation sites excluding steroid dienone is 3. The molecule has 0 aliphatic carbocycles. The highest BCUT2D eigenvalue weighted by Gasteiger charge is 2.42. The summed E-state index contributed by atoms with van der Waals surface area (Å²) >= 11 is 0. The molecular formula is C14H17F3N2O2. The molecule has 0 saturated carbocycles. The zero-order chi connectivity index (χ0) is 16.4. The molecule has 1 rings (SSSR count). The van der Waals surface area contributed by atoms with Crippen LogP contribution in [0.3, 0.4) is 0 Å². The third kappa shape index (κ3) is 4.08. The van der Waals surface area contributed by atoms with Crippen molar-refractivity contribution in [1.29, 1.82) is 0 Å². The highest BCUT2D eigenvalue weighted by atomic mass is 19.4. The second kappa shape index (κ2) is 5.99. The number of benzene rings is 1. The number of anilines is 1. The molecule has 116 valence electrons. The van der Waals surface area contributed by atoms with Crippen molar-refractivity contribution in [2.24, 2.45) is 5.73 Å². The lowest BCUT2D eigenvalue weighted by Gasteiger charge is -2.22. The van der Waals surface area contributed by atoms with E-state index in [2.05, 4.69) is 0 Å². The maximum atomic E-state index is 13.3. The molecule has 1 unspecified atom stereocenters. The van der Waals surface area contributed by atoms with E-state index in [-0.39, 0.29) is 34.0 Å². The van der Waals surface area contributed by atoms with Gasteiger partial charge in [-0.3, -0.25) is 0 Å². The minimum atomic E-state index is -4.56. The molecule has 1 aromatic rings. The Hall–Kier alpha value is -2.31. The summed E-state index contributed by atoms with van der Waals surface area (Å²) in [7, 11) is 0. The SMILES string of the molecule is C/C(O)=C(N)\C=C(/C)C(c1ccc(O)c(N)c1)C(F)(F)F. The monoisotopic (exact) mass is 302 g/mol. The lowest BCUT2D eigenvalue weighted by atomic mass is 9.90. The van der Waals surface area contributed by atoms with Crippen molar-refractivity contribution < 1.29 is 23.4 Å². The second-order valence-corrected chi connectivity index (χ2v) is 4.72. The number of hydrogen-bond acceptors (Lipinski definition) is 4. The predicted molar refractivity (Wildman–Crippen MR) is 74.6 cm³/mol. The van der Waals surface area contributed by atoms with Gasteiger partial charge in [-0.15, -0.1) is 0 Å². The number of phenolic OH excluding ortho intramolecular Hbond substituents is 1. The van der Waals surface area contributed by atoms with Crippen molar-refractivity contribution in [3.8, 4) is 5.75 Å². The van der Waals surface area contributed by atoms with E-state index in [1.165, 1.54) is 13.8 Å². The van der Waals surface area contributed by atoms with Crippen molar-refractivity contribution in [2.75, 3.05) is 5.73 Å². The van der Waals surface area contributed by atoms with Gasteiger partial charge in [0.05, 0.1) is 11.4 Å². The molecule has 0 fully saturated rings. The summed E-state index contributed by atoms with van der Waals surface area (Å²) in [6, 6.07) is 3.32. The Bertz CT molecular complexity index is 588. The summed E-state index contributed by atoms with van der Waals surface area (Å²) in [6.07, 6.45) is -3.50. The summed E-state index contributed by atoms with van der Waals surface area (Å²) < 4.78 is 39.8. The van der Waals surface area contributed by atoms with E-state index in [9.17, 15) is 23.4 Å². The van der Waals surface area contributed by atoms with Crippen LogP contribution >= 0.6 is 0 Å². The lowest BCUT2D eigenvalue weighted by Crippen LogP contribution is -2.22. The first kappa shape index (κ1) is 16.7. The van der Waals surface area contributed by atoms with E-state index in [0.29, 0.717) is 0 Å². The summed E-state index contributed by atoms with van der Waals surface area (Å²) in [5.41, 5.74) is 10.4. The van der Waals surface area contributed by atoms with Gasteiger partial charge in [0.2, 0.25) is 0 Å². The number of nitrogen functional groups attached to an aromatic ring is 1. The van der Waals surface area contributed by atoms with Gasteiger partial charge in [-0.2, -0.15) is 13.2 Å². The molecule has 0 spiro atoms. The third-order valence-electron chi connectivity index (χ3n) is 2.97. The molecule has 0 aromatic heterocycles. The van der Waals surface area contributed by atoms with E-state index in [0.717, 1.165) is 24.3 Å². The van der Waals surface area contributed by atoms with Crippen LogP contribution in [0.5, 0.6) is 5.75 Å². The second-order valence-electron chi connectivity index (χ2n) is 4.72. The molecule has 7 heteroatoms. The first-order valence-corrected chi connectivity index (χ1v) is 6.02. The maximum absolute atomic E-state index is 13.3. The molecule has 0 saturated heterocycles. The summed E-state index contributed by atoms with van der Waals surface area (Å²) in [5.74, 6) is -2.48. The van der Waals surface area contributed by atoms with Crippen LogP contribution in [-0.4, -0.2) is 16.4 Å². The van der Waals surface area contributed by atoms with Crippen molar-refractivity contribution >= 4 is 5.69 Å². The fourth-order valence-electron chi connectivity index (χ4n) is 1.90. The Morgan fingerprint density at radius 3 is 2.29 bits per heavy atom. The van der Waals surface area contributed by atoms with Gasteiger partial charge >= 0.3 is 6.18 Å². The minimum absolute atomic E-state index is 0.0986. The lowest BCUT2D eigenvalue weighted by molar-refractivity contribution is -0.141. The number of aliphatic hydroxyl groups excluding tert-OH is 1. The number of nitrogens with two attached hydrogens (primary N) is 2. The van der Waals surface area contributed by atoms with Gasteiger partial charge < -0.3 is 21.7 Å². The first-order valence-electron chi connectivity index (χ1n) is 6.02. The molecule has 0 bridgehead atoms. The summed E-state index contributed by atoms with van der Waals surface area (Å²) in [6.45, 7) is 2.54. The quantitative estimate of drug-likeness (QED) is 0.298. The number of alkyl halides is 3. The molecule has 1 aromatic carbocycles. The van der Waals surface area contributed by atoms with Gasteiger partial charge in [0.1, 0.15) is 17.4 Å². The topological polar surface area (TPSA) is 92.5 Å². The highest BCUT2D eigenvalue weighted by Crippen LogP contribution is 2.41. The van der Waals surface area contributed by atoms with Crippen molar-refractivity contribution in [1.82, 2.24) is 0 Å². The van der Waals surface area contributed by atoms with Crippen LogP contribution in [0.4, 0.5) is 18.9 Å². The molecule has 4 nitrogen and oxygen atoms in total. The molecule has 0 amide bonds. The fraction of sp³-hybridized carbons (Fsp3) is 0.286. The third-order valence-corrected chi connectivity index (χ3v) is 2.97. The van der Waals surface area contributed by atoms with Gasteiger partial charge in [0.25, 0.3) is 0 Å². The normalized spacial score (nSPS) is 15.6.